The van der Waals surface area contributed by atoms with Gasteiger partial charge in [0.15, 0.2) is 17.2 Å². The number of ether oxygens (including phenoxy) is 2. The number of fused-ring (bicyclic) bond motifs is 1. The number of hydrogen-bond acceptors (Lipinski definition) is 6. The number of benzene rings is 1. The van der Waals surface area contributed by atoms with Crippen molar-refractivity contribution in [3.8, 4) is 11.5 Å². The molecule has 112 valence electrons. The van der Waals surface area contributed by atoms with E-state index in [-0.39, 0.29) is 6.79 Å². The van der Waals surface area contributed by atoms with E-state index in [1.807, 2.05) is 7.85 Å². The zero-order valence-electron chi connectivity index (χ0n) is 13.8. The van der Waals surface area contributed by atoms with Gasteiger partial charge in [-0.1, -0.05) is 5.46 Å². The Hall–Kier alpha value is -1.31. The smallest absolute Gasteiger partial charge is 0.231 e. The van der Waals surface area contributed by atoms with Gasteiger partial charge in [-0.2, -0.15) is 0 Å². The molecule has 1 heterocycles. The average molecular weight is 298 g/mol. The fourth-order valence-electron chi connectivity index (χ4n) is 2.82. The van der Waals surface area contributed by atoms with Crippen molar-refractivity contribution in [2.75, 3.05) is 6.79 Å². The first-order valence-corrected chi connectivity index (χ1v) is 7.14. The van der Waals surface area contributed by atoms with Crippen molar-refractivity contribution in [3.05, 3.63) is 5.56 Å². The van der Waals surface area contributed by atoms with E-state index in [4.69, 9.17) is 9.47 Å². The SMILES string of the molecule is Bc1c(B)c(C(=O)[C@](C)(O)NC(B)(B)O)c(B)c2c1OCO2. The molecule has 1 aromatic carbocycles. The molecule has 3 N–H and O–H groups in total. The van der Waals surface area contributed by atoms with Gasteiger partial charge in [-0.25, -0.2) is 0 Å². The number of ketones is 1. The zero-order chi connectivity index (χ0) is 16.9. The minimum Gasteiger partial charge on any atom is -0.454 e. The molecule has 0 saturated carbocycles. The molecule has 0 saturated heterocycles. The van der Waals surface area contributed by atoms with Crippen molar-refractivity contribution < 1.29 is 24.5 Å². The Balaban J connectivity index is 2.54. The zero-order valence-corrected chi connectivity index (χ0v) is 13.8. The molecule has 1 atom stereocenters. The van der Waals surface area contributed by atoms with Crippen LogP contribution in [0.2, 0.25) is 0 Å². The van der Waals surface area contributed by atoms with Gasteiger partial charge in [0.05, 0.1) is 0 Å². The molecule has 0 aromatic heterocycles. The molecule has 1 aromatic rings. The number of carbonyl (C=O) groups excluding carboxylic acids is 1. The summed E-state index contributed by atoms with van der Waals surface area (Å²) < 4.78 is 10.9. The van der Waals surface area contributed by atoms with Crippen LogP contribution in [0.15, 0.2) is 0 Å². The molecule has 0 fully saturated rings. The average Bonchev–Trinajstić information content (AvgIpc) is 2.82. The Morgan fingerprint density at radius 3 is 2.09 bits per heavy atom. The van der Waals surface area contributed by atoms with E-state index in [2.05, 4.69) is 5.32 Å². The molecule has 1 aliphatic heterocycles. The Kier molecular flexibility index (Phi) is 4.19. The second kappa shape index (κ2) is 5.40. The number of rotatable bonds is 4. The number of hydrogen-bond donors (Lipinski definition) is 3. The van der Waals surface area contributed by atoms with E-state index in [0.29, 0.717) is 22.5 Å². The molecule has 0 bridgehead atoms. The largest absolute Gasteiger partial charge is 0.454 e. The summed E-state index contributed by atoms with van der Waals surface area (Å²) in [5.41, 5.74) is -0.771. The van der Waals surface area contributed by atoms with Crippen LogP contribution in [0.4, 0.5) is 0 Å². The first-order valence-electron chi connectivity index (χ1n) is 7.14. The third-order valence-electron chi connectivity index (χ3n) is 3.82. The second-order valence-electron chi connectivity index (χ2n) is 6.40. The van der Waals surface area contributed by atoms with E-state index in [0.717, 1.165) is 10.9 Å². The summed E-state index contributed by atoms with van der Waals surface area (Å²) in [6, 6.07) is 0. The minimum atomic E-state index is -1.91. The maximum atomic E-state index is 12.8. The van der Waals surface area contributed by atoms with Gasteiger partial charge in [-0.3, -0.25) is 10.1 Å². The fourth-order valence-corrected chi connectivity index (χ4v) is 2.82. The number of Topliss-reactive ketones (excluding diaryl/α,β-unsaturated/α-hetero) is 1. The highest BCUT2D eigenvalue weighted by Crippen LogP contribution is 2.28. The first-order chi connectivity index (χ1) is 9.96. The molecule has 22 heavy (non-hydrogen) atoms. The van der Waals surface area contributed by atoms with Gasteiger partial charge in [0.25, 0.3) is 0 Å². The highest BCUT2D eigenvalue weighted by molar-refractivity contribution is 6.56. The fraction of sp³-hybridized carbons (Fsp3) is 0.364. The highest BCUT2D eigenvalue weighted by atomic mass is 16.7. The van der Waals surface area contributed by atoms with Crippen molar-refractivity contribution >= 4 is 61.4 Å². The van der Waals surface area contributed by atoms with Gasteiger partial charge >= 0.3 is 0 Å². The number of aliphatic hydroxyl groups is 2. The van der Waals surface area contributed by atoms with E-state index < -0.39 is 17.0 Å². The van der Waals surface area contributed by atoms with E-state index in [1.54, 1.807) is 15.7 Å². The lowest BCUT2D eigenvalue weighted by Gasteiger charge is -2.32. The van der Waals surface area contributed by atoms with Crippen LogP contribution in [0, 0.1) is 0 Å². The van der Waals surface area contributed by atoms with Crippen molar-refractivity contribution in [2.45, 2.75) is 18.2 Å². The second-order valence-corrected chi connectivity index (χ2v) is 6.40. The summed E-state index contributed by atoms with van der Waals surface area (Å²) in [6.45, 7) is 1.44. The number of nitrogens with one attached hydrogen (secondary N) is 1. The van der Waals surface area contributed by atoms with E-state index in [1.165, 1.54) is 22.6 Å². The lowest BCUT2D eigenvalue weighted by molar-refractivity contribution is -0.00817. The molecular weight excluding hydrogens is 280 g/mol. The minimum absolute atomic E-state index is 0.117. The van der Waals surface area contributed by atoms with Crippen LogP contribution in [-0.2, 0) is 0 Å². The highest BCUT2D eigenvalue weighted by Gasteiger charge is 2.38. The Labute approximate surface area is 134 Å². The molecule has 0 unspecified atom stereocenters. The molecule has 6 nitrogen and oxygen atoms in total. The number of carbonyl (C=O) groups is 1. The molecule has 1 aliphatic rings. The van der Waals surface area contributed by atoms with Gasteiger partial charge in [-0.05, 0) is 17.8 Å². The summed E-state index contributed by atoms with van der Waals surface area (Å²) in [6.07, 6.45) is 0. The molecule has 0 radical (unpaired) electrons. The van der Waals surface area contributed by atoms with E-state index in [9.17, 15) is 15.0 Å². The van der Waals surface area contributed by atoms with Crippen LogP contribution < -0.4 is 31.2 Å². The van der Waals surface area contributed by atoms with Gasteiger partial charge in [0.1, 0.15) is 39.2 Å². The van der Waals surface area contributed by atoms with Crippen molar-refractivity contribution in [2.24, 2.45) is 0 Å². The van der Waals surface area contributed by atoms with Crippen molar-refractivity contribution in [1.82, 2.24) is 5.32 Å². The Morgan fingerprint density at radius 1 is 1.09 bits per heavy atom. The Bertz CT molecular complexity index is 643. The Morgan fingerprint density at radius 2 is 1.59 bits per heavy atom. The maximum Gasteiger partial charge on any atom is 0.231 e. The molecule has 0 amide bonds. The lowest BCUT2D eigenvalue weighted by atomic mass is 9.69. The summed E-state index contributed by atoms with van der Waals surface area (Å²) in [5, 5.41) is 22.8. The lowest BCUT2D eigenvalue weighted by Crippen LogP contribution is -2.62. The van der Waals surface area contributed by atoms with Crippen LogP contribution in [0.1, 0.15) is 17.3 Å². The maximum absolute atomic E-state index is 12.8. The predicted molar refractivity (Wildman–Crippen MR) is 97.2 cm³/mol. The third kappa shape index (κ3) is 2.93. The summed E-state index contributed by atoms with van der Waals surface area (Å²) in [7, 11) is 8.32. The van der Waals surface area contributed by atoms with Crippen LogP contribution >= 0.6 is 0 Å². The summed E-state index contributed by atoms with van der Waals surface area (Å²) in [5.74, 6) is 0.651. The monoisotopic (exact) mass is 299 g/mol. The van der Waals surface area contributed by atoms with Crippen molar-refractivity contribution in [1.29, 1.82) is 0 Å². The molecule has 0 aliphatic carbocycles. The quantitative estimate of drug-likeness (QED) is 0.291. The van der Waals surface area contributed by atoms with Crippen LogP contribution in [0.5, 0.6) is 11.5 Å². The van der Waals surface area contributed by atoms with Crippen LogP contribution in [0.25, 0.3) is 0 Å². The summed E-state index contributed by atoms with van der Waals surface area (Å²) >= 11 is 0. The van der Waals surface area contributed by atoms with E-state index >= 15 is 0 Å². The first kappa shape index (κ1) is 17.1. The van der Waals surface area contributed by atoms with Crippen LogP contribution in [-0.4, -0.2) is 73.3 Å². The summed E-state index contributed by atoms with van der Waals surface area (Å²) in [4.78, 5) is 12.8. The predicted octanol–water partition coefficient (Wildman–Crippen LogP) is -7.46. The van der Waals surface area contributed by atoms with Crippen molar-refractivity contribution in [3.63, 3.8) is 0 Å². The molecule has 0 spiro atoms. The topological polar surface area (TPSA) is 88.0 Å². The third-order valence-corrected chi connectivity index (χ3v) is 3.82. The molecule has 11 heteroatoms. The molecule has 2 rings (SSSR count). The van der Waals surface area contributed by atoms with Crippen LogP contribution in [0.3, 0.4) is 0 Å². The van der Waals surface area contributed by atoms with Gasteiger partial charge < -0.3 is 19.7 Å². The van der Waals surface area contributed by atoms with Gasteiger partial charge in [0.2, 0.25) is 12.6 Å². The normalized spacial score (nSPS) is 16.3. The molecular formula is C11H18B5NO5. The van der Waals surface area contributed by atoms with Gasteiger partial charge in [-0.15, -0.1) is 0 Å². The standard InChI is InChI=1S/C11H18B5NO5/c1-10(19,17-11(15,16)20)9(18)3-4(12)6(14)8-7(5(3)13)21-2-22-8/h17,19-20H,2,12-16H2,1H3/t10-/m0/s1. The van der Waals surface area contributed by atoms with Gasteiger partial charge in [0, 0.05) is 11.1 Å².